The lowest BCUT2D eigenvalue weighted by molar-refractivity contribution is 0.0342. The molecule has 0 aromatic heterocycles. The molecule has 4 rings (SSSR count). The van der Waals surface area contributed by atoms with Gasteiger partial charge in [0, 0.05) is 25.2 Å². The zero-order chi connectivity index (χ0) is 22.2. The standard InChI is InChI=1S/C26H27FN2O3/c27-23-11-4-5-12-25(23)32-19-24(21-8-2-1-3-9-21)28-26(30)22-10-6-7-20(17-22)18-29-13-15-31-16-14-29/h1-12,17,24H,13-16,18-19H2,(H,28,30). The Bertz CT molecular complexity index is 1020. The Labute approximate surface area is 187 Å². The van der Waals surface area contributed by atoms with E-state index in [1.54, 1.807) is 24.3 Å². The molecule has 1 amide bonds. The first-order chi connectivity index (χ1) is 15.7. The van der Waals surface area contributed by atoms with E-state index >= 15 is 0 Å². The first-order valence-corrected chi connectivity index (χ1v) is 10.8. The highest BCUT2D eigenvalue weighted by molar-refractivity contribution is 5.94. The summed E-state index contributed by atoms with van der Waals surface area (Å²) in [4.78, 5) is 15.4. The summed E-state index contributed by atoms with van der Waals surface area (Å²) in [5.74, 6) is -0.462. The molecule has 0 spiro atoms. The Morgan fingerprint density at radius 1 is 1.00 bits per heavy atom. The van der Waals surface area contributed by atoms with Crippen LogP contribution in [0.3, 0.4) is 0 Å². The van der Waals surface area contributed by atoms with Crippen LogP contribution in [0.2, 0.25) is 0 Å². The number of morpholine rings is 1. The Morgan fingerprint density at radius 2 is 1.75 bits per heavy atom. The number of carbonyl (C=O) groups is 1. The third-order valence-corrected chi connectivity index (χ3v) is 5.45. The van der Waals surface area contributed by atoms with Crippen LogP contribution in [0.25, 0.3) is 0 Å². The lowest BCUT2D eigenvalue weighted by atomic mass is 10.1. The summed E-state index contributed by atoms with van der Waals surface area (Å²) in [6, 6.07) is 23.1. The molecule has 32 heavy (non-hydrogen) atoms. The Hall–Kier alpha value is -3.22. The topological polar surface area (TPSA) is 50.8 Å². The third kappa shape index (κ3) is 5.93. The van der Waals surface area contributed by atoms with Gasteiger partial charge in [0.25, 0.3) is 5.91 Å². The van der Waals surface area contributed by atoms with E-state index in [0.717, 1.165) is 44.0 Å². The van der Waals surface area contributed by atoms with Gasteiger partial charge in [-0.25, -0.2) is 4.39 Å². The van der Waals surface area contributed by atoms with Crippen LogP contribution in [-0.4, -0.2) is 43.7 Å². The lowest BCUT2D eigenvalue weighted by Crippen LogP contribution is -2.35. The van der Waals surface area contributed by atoms with Crippen LogP contribution < -0.4 is 10.1 Å². The number of halogens is 1. The molecule has 1 atom stereocenters. The maximum Gasteiger partial charge on any atom is 0.251 e. The van der Waals surface area contributed by atoms with Gasteiger partial charge in [-0.05, 0) is 35.4 Å². The quantitative estimate of drug-likeness (QED) is 0.577. The zero-order valence-corrected chi connectivity index (χ0v) is 17.9. The molecule has 5 nitrogen and oxygen atoms in total. The van der Waals surface area contributed by atoms with Crippen molar-refractivity contribution in [3.05, 3.63) is 101 Å². The van der Waals surface area contributed by atoms with Gasteiger partial charge in [-0.3, -0.25) is 9.69 Å². The van der Waals surface area contributed by atoms with Crippen LogP contribution >= 0.6 is 0 Å². The molecule has 0 radical (unpaired) electrons. The van der Waals surface area contributed by atoms with Crippen molar-refractivity contribution in [1.82, 2.24) is 10.2 Å². The summed E-state index contributed by atoms with van der Waals surface area (Å²) in [7, 11) is 0. The van der Waals surface area contributed by atoms with Crippen molar-refractivity contribution in [3.8, 4) is 5.75 Å². The molecule has 0 bridgehead atoms. The number of benzene rings is 3. The van der Waals surface area contributed by atoms with Gasteiger partial charge in [0.2, 0.25) is 0 Å². The molecule has 1 saturated heterocycles. The highest BCUT2D eigenvalue weighted by atomic mass is 19.1. The number of para-hydroxylation sites is 1. The van der Waals surface area contributed by atoms with Crippen LogP contribution in [0.1, 0.15) is 27.5 Å². The van der Waals surface area contributed by atoms with Gasteiger partial charge in [0.1, 0.15) is 6.61 Å². The molecule has 0 aliphatic carbocycles. The van der Waals surface area contributed by atoms with Gasteiger partial charge in [0.05, 0.1) is 19.3 Å². The van der Waals surface area contributed by atoms with Gasteiger partial charge in [-0.1, -0.05) is 54.6 Å². The normalized spacial score (nSPS) is 15.2. The summed E-state index contributed by atoms with van der Waals surface area (Å²) in [5.41, 5.74) is 2.56. The molecule has 166 valence electrons. The molecule has 0 saturated carbocycles. The number of nitrogens with one attached hydrogen (secondary N) is 1. The van der Waals surface area contributed by atoms with Gasteiger partial charge in [0.15, 0.2) is 11.6 Å². The largest absolute Gasteiger partial charge is 0.488 e. The van der Waals surface area contributed by atoms with Crippen molar-refractivity contribution < 1.29 is 18.7 Å². The van der Waals surface area contributed by atoms with E-state index in [0.29, 0.717) is 5.56 Å². The average molecular weight is 435 g/mol. The van der Waals surface area contributed by atoms with E-state index in [1.807, 2.05) is 48.5 Å². The molecule has 1 fully saturated rings. The number of rotatable bonds is 8. The zero-order valence-electron chi connectivity index (χ0n) is 17.9. The lowest BCUT2D eigenvalue weighted by Gasteiger charge is -2.26. The van der Waals surface area contributed by atoms with Crippen molar-refractivity contribution in [2.45, 2.75) is 12.6 Å². The van der Waals surface area contributed by atoms with E-state index < -0.39 is 11.9 Å². The van der Waals surface area contributed by atoms with E-state index in [4.69, 9.17) is 9.47 Å². The molecule has 1 heterocycles. The minimum absolute atomic E-state index is 0.115. The molecule has 3 aromatic rings. The minimum atomic E-state index is -0.429. The summed E-state index contributed by atoms with van der Waals surface area (Å²) in [6.07, 6.45) is 0. The molecule has 3 aromatic carbocycles. The smallest absolute Gasteiger partial charge is 0.251 e. The number of nitrogens with zero attached hydrogens (tertiary/aromatic N) is 1. The Morgan fingerprint density at radius 3 is 2.53 bits per heavy atom. The fourth-order valence-electron chi connectivity index (χ4n) is 3.71. The van der Waals surface area contributed by atoms with Crippen LogP contribution in [0.5, 0.6) is 5.75 Å². The summed E-state index contributed by atoms with van der Waals surface area (Å²) < 4.78 is 25.1. The van der Waals surface area contributed by atoms with Gasteiger partial charge in [-0.2, -0.15) is 0 Å². The van der Waals surface area contributed by atoms with Crippen LogP contribution in [0.4, 0.5) is 4.39 Å². The van der Waals surface area contributed by atoms with Gasteiger partial charge >= 0.3 is 0 Å². The second-order valence-corrected chi connectivity index (χ2v) is 7.77. The van der Waals surface area contributed by atoms with Crippen LogP contribution in [0.15, 0.2) is 78.9 Å². The predicted molar refractivity (Wildman–Crippen MR) is 121 cm³/mol. The average Bonchev–Trinajstić information content (AvgIpc) is 2.84. The Balaban J connectivity index is 1.46. The molecular weight excluding hydrogens is 407 g/mol. The fraction of sp³-hybridized carbons (Fsp3) is 0.269. The molecule has 1 N–H and O–H groups in total. The van der Waals surface area contributed by atoms with Crippen LogP contribution in [0, 0.1) is 5.82 Å². The second-order valence-electron chi connectivity index (χ2n) is 7.77. The predicted octanol–water partition coefficient (Wildman–Crippen LogP) is 4.21. The molecule has 1 aliphatic heterocycles. The van der Waals surface area contributed by atoms with Crippen molar-refractivity contribution in [2.75, 3.05) is 32.9 Å². The summed E-state index contributed by atoms with van der Waals surface area (Å²) in [5, 5.41) is 3.05. The number of carbonyl (C=O) groups excluding carboxylic acids is 1. The monoisotopic (exact) mass is 434 g/mol. The van der Waals surface area contributed by atoms with Gasteiger partial charge < -0.3 is 14.8 Å². The highest BCUT2D eigenvalue weighted by Gasteiger charge is 2.18. The van der Waals surface area contributed by atoms with Crippen molar-refractivity contribution in [2.24, 2.45) is 0 Å². The number of ether oxygens (including phenoxy) is 2. The highest BCUT2D eigenvalue weighted by Crippen LogP contribution is 2.20. The second kappa shape index (κ2) is 10.9. The first kappa shape index (κ1) is 22.0. The maximum atomic E-state index is 14.0. The minimum Gasteiger partial charge on any atom is -0.488 e. The van der Waals surface area contributed by atoms with E-state index in [1.165, 1.54) is 6.07 Å². The number of amides is 1. The molecule has 1 aliphatic rings. The van der Waals surface area contributed by atoms with Crippen molar-refractivity contribution in [3.63, 3.8) is 0 Å². The summed E-state index contributed by atoms with van der Waals surface area (Å²) in [6.45, 7) is 4.15. The Kier molecular flexibility index (Phi) is 7.48. The van der Waals surface area contributed by atoms with Gasteiger partial charge in [-0.15, -0.1) is 0 Å². The third-order valence-electron chi connectivity index (χ3n) is 5.45. The van der Waals surface area contributed by atoms with E-state index in [2.05, 4.69) is 10.2 Å². The fourth-order valence-corrected chi connectivity index (χ4v) is 3.71. The maximum absolute atomic E-state index is 14.0. The van der Waals surface area contributed by atoms with E-state index in [9.17, 15) is 9.18 Å². The van der Waals surface area contributed by atoms with Crippen molar-refractivity contribution >= 4 is 5.91 Å². The van der Waals surface area contributed by atoms with E-state index in [-0.39, 0.29) is 18.3 Å². The first-order valence-electron chi connectivity index (χ1n) is 10.8. The number of hydrogen-bond acceptors (Lipinski definition) is 4. The van der Waals surface area contributed by atoms with Crippen LogP contribution in [-0.2, 0) is 11.3 Å². The molecule has 6 heteroatoms. The molecule has 1 unspecified atom stereocenters. The van der Waals surface area contributed by atoms with Crippen molar-refractivity contribution in [1.29, 1.82) is 0 Å². The molecular formula is C26H27FN2O3. The summed E-state index contributed by atoms with van der Waals surface area (Å²) >= 11 is 0. The SMILES string of the molecule is O=C(NC(COc1ccccc1F)c1ccccc1)c1cccc(CN2CCOCC2)c1. The number of hydrogen-bond donors (Lipinski definition) is 1.